The molecule has 2 N–H and O–H groups in total. The van der Waals surface area contributed by atoms with Crippen LogP contribution in [-0.4, -0.2) is 31.6 Å². The van der Waals surface area contributed by atoms with E-state index in [4.69, 9.17) is 4.74 Å². The average molecular weight is 276 g/mol. The Morgan fingerprint density at radius 2 is 2.15 bits per heavy atom. The summed E-state index contributed by atoms with van der Waals surface area (Å²) in [5, 5.41) is 6.24. The molecule has 0 aliphatic carbocycles. The third-order valence-corrected chi connectivity index (χ3v) is 3.67. The molecule has 0 spiro atoms. The van der Waals surface area contributed by atoms with E-state index in [9.17, 15) is 4.79 Å². The second-order valence-corrected chi connectivity index (χ2v) is 5.42. The summed E-state index contributed by atoms with van der Waals surface area (Å²) < 4.78 is 5.76. The van der Waals surface area contributed by atoms with E-state index in [2.05, 4.69) is 10.6 Å². The van der Waals surface area contributed by atoms with Crippen molar-refractivity contribution in [3.05, 3.63) is 29.3 Å². The molecule has 1 aromatic carbocycles. The number of para-hydroxylation sites is 1. The van der Waals surface area contributed by atoms with Gasteiger partial charge >= 0.3 is 0 Å². The fourth-order valence-corrected chi connectivity index (χ4v) is 2.60. The van der Waals surface area contributed by atoms with Crippen LogP contribution in [0.25, 0.3) is 0 Å². The summed E-state index contributed by atoms with van der Waals surface area (Å²) in [7, 11) is 0. The maximum atomic E-state index is 11.7. The summed E-state index contributed by atoms with van der Waals surface area (Å²) in [5.41, 5.74) is 2.26. The number of ether oxygens (including phenoxy) is 1. The number of benzene rings is 1. The number of carbonyl (C=O) groups is 1. The Hall–Kier alpha value is -1.55. The highest BCUT2D eigenvalue weighted by molar-refractivity contribution is 5.76. The van der Waals surface area contributed by atoms with Crippen molar-refractivity contribution in [2.75, 3.05) is 19.7 Å². The van der Waals surface area contributed by atoms with Gasteiger partial charge in [-0.05, 0) is 44.4 Å². The molecule has 1 atom stereocenters. The molecule has 1 aromatic rings. The zero-order valence-electron chi connectivity index (χ0n) is 12.4. The molecule has 0 aromatic heterocycles. The fourth-order valence-electron chi connectivity index (χ4n) is 2.60. The molecule has 0 bridgehead atoms. The van der Waals surface area contributed by atoms with Gasteiger partial charge in [0.05, 0.1) is 6.54 Å². The first-order valence-electron chi connectivity index (χ1n) is 7.36. The van der Waals surface area contributed by atoms with Crippen LogP contribution in [0.5, 0.6) is 5.75 Å². The highest BCUT2D eigenvalue weighted by Gasteiger charge is 2.17. The maximum absolute atomic E-state index is 11.7. The van der Waals surface area contributed by atoms with E-state index < -0.39 is 0 Å². The van der Waals surface area contributed by atoms with Crippen molar-refractivity contribution in [1.29, 1.82) is 0 Å². The van der Waals surface area contributed by atoms with Crippen LogP contribution in [0.15, 0.2) is 18.2 Å². The maximum Gasteiger partial charge on any atom is 0.221 e. The van der Waals surface area contributed by atoms with Gasteiger partial charge in [-0.1, -0.05) is 18.2 Å². The monoisotopic (exact) mass is 276 g/mol. The van der Waals surface area contributed by atoms with Gasteiger partial charge in [0.25, 0.3) is 0 Å². The third kappa shape index (κ3) is 4.23. The van der Waals surface area contributed by atoms with Crippen molar-refractivity contribution in [2.45, 2.75) is 39.2 Å². The molecule has 1 fully saturated rings. The Kier molecular flexibility index (Phi) is 5.41. The summed E-state index contributed by atoms with van der Waals surface area (Å²) in [5.74, 6) is 1.04. The van der Waals surface area contributed by atoms with E-state index in [1.807, 2.05) is 32.0 Å². The minimum absolute atomic E-state index is 0.106. The predicted molar refractivity (Wildman–Crippen MR) is 80.1 cm³/mol. The van der Waals surface area contributed by atoms with Gasteiger partial charge in [0.2, 0.25) is 5.91 Å². The van der Waals surface area contributed by atoms with Gasteiger partial charge < -0.3 is 15.4 Å². The molecule has 1 heterocycles. The lowest BCUT2D eigenvalue weighted by molar-refractivity contribution is -0.121. The summed E-state index contributed by atoms with van der Waals surface area (Å²) in [6.07, 6.45) is 2.85. The van der Waals surface area contributed by atoms with Crippen molar-refractivity contribution in [1.82, 2.24) is 10.6 Å². The van der Waals surface area contributed by atoms with Crippen molar-refractivity contribution >= 4 is 5.91 Å². The first-order chi connectivity index (χ1) is 9.66. The molecule has 110 valence electrons. The summed E-state index contributed by atoms with van der Waals surface area (Å²) in [4.78, 5) is 11.7. The molecule has 20 heavy (non-hydrogen) atoms. The average Bonchev–Trinajstić information content (AvgIpc) is 2.90. The molecule has 4 nitrogen and oxygen atoms in total. The third-order valence-electron chi connectivity index (χ3n) is 3.67. The summed E-state index contributed by atoms with van der Waals surface area (Å²) >= 11 is 0. The standard InChI is InChI=1S/C16H24N2O2/c1-12-5-3-6-13(2)16(12)20-10-9-18-15(19)11-14-7-4-8-17-14/h3,5-6,14,17H,4,7-11H2,1-2H3,(H,18,19). The summed E-state index contributed by atoms with van der Waals surface area (Å²) in [6, 6.07) is 6.45. The van der Waals surface area contributed by atoms with Gasteiger partial charge in [0, 0.05) is 12.5 Å². The molecule has 1 aliphatic heterocycles. The van der Waals surface area contributed by atoms with Gasteiger partial charge in [0.15, 0.2) is 0 Å². The predicted octanol–water partition coefficient (Wildman–Crippen LogP) is 1.94. The Morgan fingerprint density at radius 3 is 2.80 bits per heavy atom. The molecule has 4 heteroatoms. The number of rotatable bonds is 6. The first kappa shape index (κ1) is 14.9. The molecule has 1 aliphatic rings. The number of nitrogens with one attached hydrogen (secondary N) is 2. The van der Waals surface area contributed by atoms with Gasteiger partial charge in [-0.2, -0.15) is 0 Å². The lowest BCUT2D eigenvalue weighted by Gasteiger charge is -2.13. The van der Waals surface area contributed by atoms with Crippen molar-refractivity contribution in [2.24, 2.45) is 0 Å². The summed E-state index contributed by atoms with van der Waals surface area (Å²) in [6.45, 7) is 6.17. The smallest absolute Gasteiger partial charge is 0.221 e. The van der Waals surface area contributed by atoms with Gasteiger partial charge in [-0.15, -0.1) is 0 Å². The van der Waals surface area contributed by atoms with Crippen LogP contribution in [0.4, 0.5) is 0 Å². The highest BCUT2D eigenvalue weighted by Crippen LogP contribution is 2.21. The van der Waals surface area contributed by atoms with Gasteiger partial charge in [0.1, 0.15) is 12.4 Å². The molecule has 1 saturated heterocycles. The highest BCUT2D eigenvalue weighted by atomic mass is 16.5. The van der Waals surface area contributed by atoms with E-state index in [1.165, 1.54) is 6.42 Å². The van der Waals surface area contributed by atoms with E-state index in [0.717, 1.165) is 29.8 Å². The normalized spacial score (nSPS) is 18.0. The molecule has 2 rings (SSSR count). The van der Waals surface area contributed by atoms with Gasteiger partial charge in [-0.3, -0.25) is 4.79 Å². The number of amides is 1. The fraction of sp³-hybridized carbons (Fsp3) is 0.562. The van der Waals surface area contributed by atoms with Crippen molar-refractivity contribution < 1.29 is 9.53 Å². The molecule has 0 radical (unpaired) electrons. The Morgan fingerprint density at radius 1 is 1.40 bits per heavy atom. The number of carbonyl (C=O) groups excluding carboxylic acids is 1. The quantitative estimate of drug-likeness (QED) is 0.781. The first-order valence-corrected chi connectivity index (χ1v) is 7.36. The SMILES string of the molecule is Cc1cccc(C)c1OCCNC(=O)CC1CCCN1. The van der Waals surface area contributed by atoms with Crippen molar-refractivity contribution in [3.63, 3.8) is 0 Å². The second-order valence-electron chi connectivity index (χ2n) is 5.42. The molecule has 1 amide bonds. The van der Waals surface area contributed by atoms with Crippen LogP contribution in [-0.2, 0) is 4.79 Å². The Bertz CT molecular complexity index is 434. The van der Waals surface area contributed by atoms with Crippen LogP contribution in [0, 0.1) is 13.8 Å². The van der Waals surface area contributed by atoms with Crippen LogP contribution in [0.3, 0.4) is 0 Å². The molecular weight excluding hydrogens is 252 g/mol. The lowest BCUT2D eigenvalue weighted by Crippen LogP contribution is -2.34. The molecular formula is C16H24N2O2. The molecule has 0 saturated carbocycles. The van der Waals surface area contributed by atoms with Crippen molar-refractivity contribution in [3.8, 4) is 5.75 Å². The Labute approximate surface area is 120 Å². The van der Waals surface area contributed by atoms with E-state index >= 15 is 0 Å². The van der Waals surface area contributed by atoms with E-state index in [0.29, 0.717) is 25.6 Å². The van der Waals surface area contributed by atoms with Crippen LogP contribution >= 0.6 is 0 Å². The topological polar surface area (TPSA) is 50.4 Å². The van der Waals surface area contributed by atoms with Crippen LogP contribution in [0.2, 0.25) is 0 Å². The minimum atomic E-state index is 0.106. The van der Waals surface area contributed by atoms with E-state index in [-0.39, 0.29) is 5.91 Å². The number of hydrogen-bond donors (Lipinski definition) is 2. The van der Waals surface area contributed by atoms with Crippen LogP contribution < -0.4 is 15.4 Å². The Balaban J connectivity index is 1.67. The number of aryl methyl sites for hydroxylation is 2. The minimum Gasteiger partial charge on any atom is -0.491 e. The molecule has 1 unspecified atom stereocenters. The second kappa shape index (κ2) is 7.29. The largest absolute Gasteiger partial charge is 0.491 e. The zero-order valence-corrected chi connectivity index (χ0v) is 12.4. The van der Waals surface area contributed by atoms with Gasteiger partial charge in [-0.25, -0.2) is 0 Å². The lowest BCUT2D eigenvalue weighted by atomic mass is 10.1. The zero-order chi connectivity index (χ0) is 14.4. The number of hydrogen-bond acceptors (Lipinski definition) is 3. The van der Waals surface area contributed by atoms with E-state index in [1.54, 1.807) is 0 Å². The van der Waals surface area contributed by atoms with Crippen LogP contribution in [0.1, 0.15) is 30.4 Å².